The fourth-order valence-electron chi connectivity index (χ4n) is 1.45. The maximum absolute atomic E-state index is 12.0. The zero-order chi connectivity index (χ0) is 12.1. The van der Waals surface area contributed by atoms with Gasteiger partial charge in [0, 0.05) is 18.4 Å². The molecule has 0 radical (unpaired) electrons. The molecule has 0 fully saturated rings. The minimum atomic E-state index is 0.168. The van der Waals surface area contributed by atoms with Crippen molar-refractivity contribution in [1.82, 2.24) is 4.90 Å². The molecule has 0 bridgehead atoms. The first-order valence-corrected chi connectivity index (χ1v) is 6.54. The van der Waals surface area contributed by atoms with E-state index in [4.69, 9.17) is 0 Å². The molecule has 0 aliphatic rings. The van der Waals surface area contributed by atoms with E-state index in [0.717, 1.165) is 10.9 Å². The first-order chi connectivity index (χ1) is 7.56. The van der Waals surface area contributed by atoms with Gasteiger partial charge in [-0.3, -0.25) is 4.79 Å². The summed E-state index contributed by atoms with van der Waals surface area (Å²) in [6, 6.07) is 8.25. The smallest absolute Gasteiger partial charge is 0.227 e. The number of benzene rings is 1. The summed E-state index contributed by atoms with van der Waals surface area (Å²) in [5.41, 5.74) is 2.29. The predicted molar refractivity (Wildman–Crippen MR) is 70.9 cm³/mol. The Morgan fingerprint density at radius 3 is 2.62 bits per heavy atom. The topological polar surface area (TPSA) is 20.3 Å². The normalized spacial score (nSPS) is 12.2. The Hall–Kier alpha value is -0.830. The van der Waals surface area contributed by atoms with Crippen LogP contribution in [0.25, 0.3) is 0 Å². The number of carbonyl (C=O) groups is 1. The first-order valence-electron chi connectivity index (χ1n) is 5.42. The van der Waals surface area contributed by atoms with E-state index >= 15 is 0 Å². The highest BCUT2D eigenvalue weighted by molar-refractivity contribution is 9.09. The summed E-state index contributed by atoms with van der Waals surface area (Å²) in [5.74, 6) is 0.168. The summed E-state index contributed by atoms with van der Waals surface area (Å²) < 4.78 is 0. The molecule has 0 aliphatic heterocycles. The molecule has 2 nitrogen and oxygen atoms in total. The van der Waals surface area contributed by atoms with Crippen molar-refractivity contribution in [3.63, 3.8) is 0 Å². The minimum absolute atomic E-state index is 0.168. The lowest BCUT2D eigenvalue weighted by Gasteiger charge is -2.23. The minimum Gasteiger partial charge on any atom is -0.342 e. The third-order valence-corrected chi connectivity index (χ3v) is 3.82. The van der Waals surface area contributed by atoms with Gasteiger partial charge in [-0.2, -0.15) is 0 Å². The third-order valence-electron chi connectivity index (χ3n) is 2.88. The average molecular weight is 284 g/mol. The van der Waals surface area contributed by atoms with E-state index in [1.54, 1.807) is 4.90 Å². The van der Waals surface area contributed by atoms with Gasteiger partial charge in [-0.1, -0.05) is 40.2 Å². The molecule has 1 rings (SSSR count). The van der Waals surface area contributed by atoms with Gasteiger partial charge >= 0.3 is 0 Å². The van der Waals surface area contributed by atoms with Crippen LogP contribution in [0.4, 0.5) is 0 Å². The molecule has 0 N–H and O–H groups in total. The van der Waals surface area contributed by atoms with Crippen molar-refractivity contribution in [3.8, 4) is 0 Å². The predicted octanol–water partition coefficient (Wildman–Crippen LogP) is 2.78. The van der Waals surface area contributed by atoms with Crippen molar-refractivity contribution in [1.29, 1.82) is 0 Å². The van der Waals surface area contributed by atoms with Crippen LogP contribution in [0.5, 0.6) is 0 Å². The molecule has 1 atom stereocenters. The van der Waals surface area contributed by atoms with Crippen molar-refractivity contribution in [2.24, 2.45) is 0 Å². The van der Waals surface area contributed by atoms with Gasteiger partial charge in [-0.25, -0.2) is 0 Å². The van der Waals surface area contributed by atoms with Crippen LogP contribution in [0.3, 0.4) is 0 Å². The second-order valence-corrected chi connectivity index (χ2v) is 4.76. The number of rotatable bonds is 4. The Morgan fingerprint density at radius 2 is 2.06 bits per heavy atom. The summed E-state index contributed by atoms with van der Waals surface area (Å²) >= 11 is 3.39. The fourth-order valence-corrected chi connectivity index (χ4v) is 1.88. The van der Waals surface area contributed by atoms with Gasteiger partial charge < -0.3 is 4.90 Å². The van der Waals surface area contributed by atoms with E-state index in [9.17, 15) is 4.79 Å². The maximum Gasteiger partial charge on any atom is 0.227 e. The molecule has 1 unspecified atom stereocenters. The number of aryl methyl sites for hydroxylation is 1. The van der Waals surface area contributed by atoms with E-state index < -0.39 is 0 Å². The number of nitrogens with zero attached hydrogens (tertiary/aromatic N) is 1. The largest absolute Gasteiger partial charge is 0.342 e. The molecule has 0 aliphatic carbocycles. The van der Waals surface area contributed by atoms with E-state index in [1.165, 1.54) is 5.56 Å². The van der Waals surface area contributed by atoms with Crippen LogP contribution in [0.1, 0.15) is 18.1 Å². The van der Waals surface area contributed by atoms with Crippen LogP contribution >= 0.6 is 15.9 Å². The molecule has 0 aromatic heterocycles. The Morgan fingerprint density at radius 1 is 1.44 bits per heavy atom. The Labute approximate surface area is 106 Å². The van der Waals surface area contributed by atoms with Gasteiger partial charge in [-0.05, 0) is 25.0 Å². The molecule has 0 saturated carbocycles. The number of carbonyl (C=O) groups excluding carboxylic acids is 1. The van der Waals surface area contributed by atoms with Crippen LogP contribution in [-0.4, -0.2) is 29.2 Å². The monoisotopic (exact) mass is 283 g/mol. The molecule has 1 aromatic carbocycles. The Balaban J connectivity index is 2.68. The quantitative estimate of drug-likeness (QED) is 0.779. The van der Waals surface area contributed by atoms with Crippen LogP contribution < -0.4 is 0 Å². The number of hydrogen-bond donors (Lipinski definition) is 0. The maximum atomic E-state index is 12.0. The Bertz CT molecular complexity index is 365. The van der Waals surface area contributed by atoms with Gasteiger partial charge in [0.05, 0.1) is 6.42 Å². The molecule has 88 valence electrons. The van der Waals surface area contributed by atoms with Gasteiger partial charge in [0.25, 0.3) is 0 Å². The number of halogens is 1. The Kier molecular flexibility index (Phi) is 5.00. The van der Waals surface area contributed by atoms with Gasteiger partial charge in [0.1, 0.15) is 0 Å². The molecule has 1 aromatic rings. The van der Waals surface area contributed by atoms with E-state index in [-0.39, 0.29) is 11.9 Å². The summed E-state index contributed by atoms with van der Waals surface area (Å²) in [7, 11) is 1.85. The van der Waals surface area contributed by atoms with Crippen molar-refractivity contribution < 1.29 is 4.79 Å². The van der Waals surface area contributed by atoms with Gasteiger partial charge in [0.2, 0.25) is 5.91 Å². The van der Waals surface area contributed by atoms with Crippen molar-refractivity contribution in [3.05, 3.63) is 35.4 Å². The highest BCUT2D eigenvalue weighted by Gasteiger charge is 2.15. The number of hydrogen-bond acceptors (Lipinski definition) is 1. The standard InChI is InChI=1S/C13H18BrNO/c1-10-6-4-5-7-12(10)8-13(16)15(3)11(2)9-14/h4-7,11H,8-9H2,1-3H3. The molecule has 0 saturated heterocycles. The van der Waals surface area contributed by atoms with Crippen molar-refractivity contribution in [2.45, 2.75) is 26.3 Å². The summed E-state index contributed by atoms with van der Waals surface area (Å²) in [5, 5.41) is 0.809. The molecular formula is C13H18BrNO. The second-order valence-electron chi connectivity index (χ2n) is 4.11. The van der Waals surface area contributed by atoms with E-state index in [2.05, 4.69) is 15.9 Å². The van der Waals surface area contributed by atoms with Crippen LogP contribution in [0.2, 0.25) is 0 Å². The van der Waals surface area contributed by atoms with Crippen molar-refractivity contribution >= 4 is 21.8 Å². The molecule has 16 heavy (non-hydrogen) atoms. The molecular weight excluding hydrogens is 266 g/mol. The molecule has 0 spiro atoms. The van der Waals surface area contributed by atoms with E-state index in [1.807, 2.05) is 45.2 Å². The molecule has 3 heteroatoms. The van der Waals surface area contributed by atoms with Crippen LogP contribution in [0.15, 0.2) is 24.3 Å². The molecule has 1 amide bonds. The third kappa shape index (κ3) is 3.34. The van der Waals surface area contributed by atoms with Crippen LogP contribution in [-0.2, 0) is 11.2 Å². The lowest BCUT2D eigenvalue weighted by Crippen LogP contribution is -2.37. The fraction of sp³-hybridized carbons (Fsp3) is 0.462. The lowest BCUT2D eigenvalue weighted by molar-refractivity contribution is -0.130. The second kappa shape index (κ2) is 6.04. The van der Waals surface area contributed by atoms with Crippen LogP contribution in [0, 0.1) is 6.92 Å². The number of alkyl halides is 1. The number of amides is 1. The van der Waals surface area contributed by atoms with Crippen molar-refractivity contribution in [2.75, 3.05) is 12.4 Å². The van der Waals surface area contributed by atoms with E-state index in [0.29, 0.717) is 6.42 Å². The average Bonchev–Trinajstić information content (AvgIpc) is 2.30. The van der Waals surface area contributed by atoms with Gasteiger partial charge in [-0.15, -0.1) is 0 Å². The zero-order valence-electron chi connectivity index (χ0n) is 10.0. The lowest BCUT2D eigenvalue weighted by atomic mass is 10.1. The highest BCUT2D eigenvalue weighted by atomic mass is 79.9. The summed E-state index contributed by atoms with van der Waals surface area (Å²) in [4.78, 5) is 13.8. The first kappa shape index (κ1) is 13.2. The number of likely N-dealkylation sites (N-methyl/N-ethyl adjacent to an activating group) is 1. The molecule has 0 heterocycles. The summed E-state index contributed by atoms with van der Waals surface area (Å²) in [6.45, 7) is 4.07. The summed E-state index contributed by atoms with van der Waals surface area (Å²) in [6.07, 6.45) is 0.487. The SMILES string of the molecule is Cc1ccccc1CC(=O)N(C)C(C)CBr. The zero-order valence-corrected chi connectivity index (χ0v) is 11.6. The van der Waals surface area contributed by atoms with Gasteiger partial charge in [0.15, 0.2) is 0 Å². The highest BCUT2D eigenvalue weighted by Crippen LogP contribution is 2.10.